The molecule has 0 aliphatic carbocycles. The van der Waals surface area contributed by atoms with E-state index < -0.39 is 0 Å². The Morgan fingerprint density at radius 3 is 2.42 bits per heavy atom. The van der Waals surface area contributed by atoms with Crippen molar-refractivity contribution in [3.05, 3.63) is 11.4 Å². The normalized spacial score (nSPS) is 11.0. The third-order valence-corrected chi connectivity index (χ3v) is 2.72. The molecule has 0 saturated carbocycles. The fourth-order valence-electron chi connectivity index (χ4n) is 1.60. The first kappa shape index (κ1) is 15.8. The van der Waals surface area contributed by atoms with Crippen LogP contribution in [0.2, 0.25) is 0 Å². The van der Waals surface area contributed by atoms with Crippen LogP contribution in [0.1, 0.15) is 25.2 Å². The molecule has 6 nitrogen and oxygen atoms in total. The Balaban J connectivity index is 2.29. The Morgan fingerprint density at radius 2 is 1.79 bits per heavy atom. The van der Waals surface area contributed by atoms with E-state index in [-0.39, 0.29) is 0 Å². The van der Waals surface area contributed by atoms with Gasteiger partial charge in [0.25, 0.3) is 0 Å². The van der Waals surface area contributed by atoms with E-state index in [1.165, 1.54) is 0 Å². The highest BCUT2D eigenvalue weighted by Crippen LogP contribution is 2.06. The summed E-state index contributed by atoms with van der Waals surface area (Å²) in [4.78, 5) is 6.55. The summed E-state index contributed by atoms with van der Waals surface area (Å²) in [5, 5.41) is 11.4. The van der Waals surface area contributed by atoms with Crippen molar-refractivity contribution in [3.63, 3.8) is 0 Å². The molecular weight excluding hydrogens is 242 g/mol. The van der Waals surface area contributed by atoms with Gasteiger partial charge in [-0.3, -0.25) is 0 Å². The van der Waals surface area contributed by atoms with Crippen molar-refractivity contribution in [2.75, 3.05) is 45.7 Å². The summed E-state index contributed by atoms with van der Waals surface area (Å²) in [7, 11) is 4.06. The third kappa shape index (κ3) is 5.94. The Morgan fingerprint density at radius 1 is 1.05 bits per heavy atom. The van der Waals surface area contributed by atoms with Crippen LogP contribution in [0.3, 0.4) is 0 Å². The summed E-state index contributed by atoms with van der Waals surface area (Å²) in [6, 6.07) is 0. The second-order valence-corrected chi connectivity index (χ2v) is 4.58. The summed E-state index contributed by atoms with van der Waals surface area (Å²) in [6.45, 7) is 7.16. The molecule has 0 atom stereocenters. The Bertz CT molecular complexity index is 370. The number of anilines is 1. The molecule has 6 heteroatoms. The van der Waals surface area contributed by atoms with E-state index in [2.05, 4.69) is 39.2 Å². The number of nitrogens with one attached hydrogen (secondary N) is 1. The van der Waals surface area contributed by atoms with Gasteiger partial charge in [-0.1, -0.05) is 13.8 Å². The number of rotatable bonds is 9. The van der Waals surface area contributed by atoms with Gasteiger partial charge in [0.2, 0.25) is 5.95 Å². The van der Waals surface area contributed by atoms with Crippen LogP contribution in [-0.2, 0) is 17.6 Å². The van der Waals surface area contributed by atoms with Gasteiger partial charge in [0.05, 0.1) is 24.6 Å². The summed E-state index contributed by atoms with van der Waals surface area (Å²) >= 11 is 0. The minimum Gasteiger partial charge on any atom is -0.378 e. The van der Waals surface area contributed by atoms with Crippen LogP contribution in [0.4, 0.5) is 5.95 Å². The average Bonchev–Trinajstić information content (AvgIpc) is 2.42. The molecule has 1 N–H and O–H groups in total. The lowest BCUT2D eigenvalue weighted by atomic mass is 10.2. The average molecular weight is 267 g/mol. The fraction of sp³-hybridized carbons (Fsp3) is 0.769. The van der Waals surface area contributed by atoms with Crippen molar-refractivity contribution in [2.45, 2.75) is 26.7 Å². The number of hydrogen-bond acceptors (Lipinski definition) is 6. The highest BCUT2D eigenvalue weighted by Gasteiger charge is 2.05. The van der Waals surface area contributed by atoms with E-state index in [0.29, 0.717) is 19.1 Å². The minimum absolute atomic E-state index is 0.588. The molecule has 0 amide bonds. The molecule has 1 rings (SSSR count). The third-order valence-electron chi connectivity index (χ3n) is 2.72. The van der Waals surface area contributed by atoms with Crippen molar-refractivity contribution in [3.8, 4) is 0 Å². The van der Waals surface area contributed by atoms with Crippen LogP contribution in [-0.4, -0.2) is 60.5 Å². The molecular formula is C13H25N5O. The minimum atomic E-state index is 0.588. The molecule has 108 valence electrons. The van der Waals surface area contributed by atoms with Crippen LogP contribution in [0, 0.1) is 0 Å². The summed E-state index contributed by atoms with van der Waals surface area (Å²) in [6.07, 6.45) is 1.75. The van der Waals surface area contributed by atoms with Gasteiger partial charge in [-0.15, -0.1) is 5.10 Å². The summed E-state index contributed by atoms with van der Waals surface area (Å²) in [5.41, 5.74) is 2.00. The van der Waals surface area contributed by atoms with E-state index in [1.54, 1.807) is 0 Å². The number of ether oxygens (including phenoxy) is 1. The van der Waals surface area contributed by atoms with E-state index >= 15 is 0 Å². The van der Waals surface area contributed by atoms with Gasteiger partial charge in [0.1, 0.15) is 0 Å². The molecule has 0 saturated heterocycles. The Labute approximate surface area is 115 Å². The van der Waals surface area contributed by atoms with Gasteiger partial charge in [0.15, 0.2) is 0 Å². The molecule has 0 unspecified atom stereocenters. The number of likely N-dealkylation sites (N-methyl/N-ethyl adjacent to an activating group) is 1. The fourth-order valence-corrected chi connectivity index (χ4v) is 1.60. The molecule has 1 aromatic rings. The van der Waals surface area contributed by atoms with Crippen LogP contribution in [0.25, 0.3) is 0 Å². The lowest BCUT2D eigenvalue weighted by Gasteiger charge is -2.10. The van der Waals surface area contributed by atoms with E-state index in [4.69, 9.17) is 4.74 Å². The van der Waals surface area contributed by atoms with E-state index in [1.807, 2.05) is 14.1 Å². The maximum Gasteiger partial charge on any atom is 0.243 e. The molecule has 0 fully saturated rings. The second-order valence-electron chi connectivity index (χ2n) is 4.58. The SMILES string of the molecule is CCc1nnc(NCCOCCN(C)C)nc1CC. The Hall–Kier alpha value is -1.27. The second kappa shape index (κ2) is 8.77. The standard InChI is InChI=1S/C13H25N5O/c1-5-11-12(6-2)16-17-13(15-11)14-7-9-19-10-8-18(3)4/h5-10H2,1-4H3,(H,14,15,17). The first-order chi connectivity index (χ1) is 9.17. The van der Waals surface area contributed by atoms with Crippen molar-refractivity contribution < 1.29 is 4.74 Å². The van der Waals surface area contributed by atoms with Crippen molar-refractivity contribution in [2.24, 2.45) is 0 Å². The molecule has 19 heavy (non-hydrogen) atoms. The Kier molecular flexibility index (Phi) is 7.28. The molecule has 0 radical (unpaired) electrons. The molecule has 0 spiro atoms. The zero-order valence-electron chi connectivity index (χ0n) is 12.4. The van der Waals surface area contributed by atoms with Crippen molar-refractivity contribution >= 4 is 5.95 Å². The number of hydrogen-bond donors (Lipinski definition) is 1. The van der Waals surface area contributed by atoms with Crippen LogP contribution < -0.4 is 5.32 Å². The van der Waals surface area contributed by atoms with Gasteiger partial charge < -0.3 is 15.0 Å². The highest BCUT2D eigenvalue weighted by atomic mass is 16.5. The number of aryl methyl sites for hydroxylation is 2. The van der Waals surface area contributed by atoms with E-state index in [9.17, 15) is 0 Å². The van der Waals surface area contributed by atoms with Crippen LogP contribution in [0.5, 0.6) is 0 Å². The van der Waals surface area contributed by atoms with Gasteiger partial charge in [-0.25, -0.2) is 4.98 Å². The maximum atomic E-state index is 5.49. The topological polar surface area (TPSA) is 63.2 Å². The summed E-state index contributed by atoms with van der Waals surface area (Å²) < 4.78 is 5.49. The lowest BCUT2D eigenvalue weighted by molar-refractivity contribution is 0.126. The van der Waals surface area contributed by atoms with E-state index in [0.717, 1.165) is 37.4 Å². The van der Waals surface area contributed by atoms with Crippen LogP contribution in [0.15, 0.2) is 0 Å². The van der Waals surface area contributed by atoms with Gasteiger partial charge in [-0.05, 0) is 26.9 Å². The molecule has 0 aliphatic rings. The zero-order valence-corrected chi connectivity index (χ0v) is 12.4. The monoisotopic (exact) mass is 267 g/mol. The number of aromatic nitrogens is 3. The largest absolute Gasteiger partial charge is 0.378 e. The first-order valence-corrected chi connectivity index (χ1v) is 6.86. The highest BCUT2D eigenvalue weighted by molar-refractivity contribution is 5.25. The molecule has 1 heterocycles. The van der Waals surface area contributed by atoms with Gasteiger partial charge in [-0.2, -0.15) is 5.10 Å². The smallest absolute Gasteiger partial charge is 0.243 e. The molecule has 0 aromatic carbocycles. The van der Waals surface area contributed by atoms with Gasteiger partial charge in [0, 0.05) is 13.1 Å². The van der Waals surface area contributed by atoms with Crippen molar-refractivity contribution in [1.82, 2.24) is 20.1 Å². The quantitative estimate of drug-likeness (QED) is 0.673. The first-order valence-electron chi connectivity index (χ1n) is 6.86. The van der Waals surface area contributed by atoms with Crippen LogP contribution >= 0.6 is 0 Å². The van der Waals surface area contributed by atoms with Crippen molar-refractivity contribution in [1.29, 1.82) is 0 Å². The predicted octanol–water partition coefficient (Wildman–Crippen LogP) is 0.986. The molecule has 0 bridgehead atoms. The maximum absolute atomic E-state index is 5.49. The molecule has 1 aromatic heterocycles. The lowest BCUT2D eigenvalue weighted by Crippen LogP contribution is -2.20. The van der Waals surface area contributed by atoms with Gasteiger partial charge >= 0.3 is 0 Å². The zero-order chi connectivity index (χ0) is 14.1. The predicted molar refractivity (Wildman–Crippen MR) is 76.4 cm³/mol. The summed E-state index contributed by atoms with van der Waals surface area (Å²) in [5.74, 6) is 0.588. The molecule has 0 aliphatic heterocycles. The number of nitrogens with zero attached hydrogens (tertiary/aromatic N) is 4.